The molecular formula is C6H8F3N3OS. The van der Waals surface area contributed by atoms with Gasteiger partial charge in [-0.2, -0.15) is 13.2 Å². The van der Waals surface area contributed by atoms with Crippen LogP contribution in [0.5, 0.6) is 0 Å². The quantitative estimate of drug-likeness (QED) is 0.851. The van der Waals surface area contributed by atoms with Gasteiger partial charge in [0.25, 0.3) is 0 Å². The smallest absolute Gasteiger partial charge is 0.388 e. The van der Waals surface area contributed by atoms with E-state index in [1.165, 1.54) is 0 Å². The molecule has 0 fully saturated rings. The summed E-state index contributed by atoms with van der Waals surface area (Å²) in [4.78, 5) is 0. The first kappa shape index (κ1) is 11.2. The number of nitrogens with zero attached hydrogens (tertiary/aromatic N) is 2. The van der Waals surface area contributed by atoms with Gasteiger partial charge < -0.3 is 10.5 Å². The number of alkyl halides is 3. The Hall–Kier alpha value is -0.890. The molecule has 0 saturated heterocycles. The molecule has 0 radical (unpaired) electrons. The third kappa shape index (κ3) is 2.81. The molecule has 80 valence electrons. The van der Waals surface area contributed by atoms with Crippen LogP contribution in [0.2, 0.25) is 0 Å². The van der Waals surface area contributed by atoms with Gasteiger partial charge in [-0.05, 0) is 6.92 Å². The van der Waals surface area contributed by atoms with Gasteiger partial charge in [0.05, 0.1) is 6.61 Å². The van der Waals surface area contributed by atoms with Gasteiger partial charge in [-0.3, -0.25) is 0 Å². The van der Waals surface area contributed by atoms with Crippen molar-refractivity contribution in [2.45, 2.75) is 25.8 Å². The van der Waals surface area contributed by atoms with Gasteiger partial charge in [-0.15, -0.1) is 5.10 Å². The molecule has 1 aromatic heterocycles. The van der Waals surface area contributed by atoms with E-state index in [9.17, 15) is 13.2 Å². The zero-order valence-corrected chi connectivity index (χ0v) is 8.02. The Kier molecular flexibility index (Phi) is 3.27. The number of nitrogen functional groups attached to an aromatic ring is 1. The summed E-state index contributed by atoms with van der Waals surface area (Å²) >= 11 is 0.919. The maximum Gasteiger partial charge on any atom is 0.414 e. The topological polar surface area (TPSA) is 61.0 Å². The Morgan fingerprint density at radius 3 is 2.64 bits per heavy atom. The molecule has 1 heterocycles. The van der Waals surface area contributed by atoms with Crippen molar-refractivity contribution in [3.05, 3.63) is 5.69 Å². The number of nitrogens with two attached hydrogens (primary N) is 1. The summed E-state index contributed by atoms with van der Waals surface area (Å²) in [7, 11) is 0. The molecule has 2 N–H and O–H groups in total. The number of ether oxygens (including phenoxy) is 1. The van der Waals surface area contributed by atoms with Crippen molar-refractivity contribution in [1.29, 1.82) is 0 Å². The largest absolute Gasteiger partial charge is 0.414 e. The minimum Gasteiger partial charge on any atom is -0.388 e. The summed E-state index contributed by atoms with van der Waals surface area (Å²) < 4.78 is 44.0. The predicted octanol–water partition coefficient (Wildman–Crippen LogP) is 1.59. The standard InChI is InChI=1S/C6H8F3N3OS/c1-3(6(7,8)9)13-2-4-5(10)14-12-11-4/h3H,2,10H2,1H3. The molecule has 1 unspecified atom stereocenters. The number of hydrogen-bond donors (Lipinski definition) is 1. The summed E-state index contributed by atoms with van der Waals surface area (Å²) in [5.74, 6) is 0. The minimum absolute atomic E-state index is 0.242. The van der Waals surface area contributed by atoms with Gasteiger partial charge in [0.2, 0.25) is 0 Å². The number of anilines is 1. The van der Waals surface area contributed by atoms with E-state index in [-0.39, 0.29) is 17.3 Å². The lowest BCUT2D eigenvalue weighted by molar-refractivity contribution is -0.217. The second kappa shape index (κ2) is 4.09. The average molecular weight is 227 g/mol. The zero-order valence-electron chi connectivity index (χ0n) is 7.21. The molecule has 0 saturated carbocycles. The van der Waals surface area contributed by atoms with E-state index >= 15 is 0 Å². The Morgan fingerprint density at radius 1 is 1.57 bits per heavy atom. The molecular weight excluding hydrogens is 219 g/mol. The van der Waals surface area contributed by atoms with Gasteiger partial charge in [0.15, 0.2) is 6.10 Å². The molecule has 0 aliphatic rings. The number of hydrogen-bond acceptors (Lipinski definition) is 5. The van der Waals surface area contributed by atoms with Crippen molar-refractivity contribution >= 4 is 16.5 Å². The van der Waals surface area contributed by atoms with Gasteiger partial charge in [-0.25, -0.2) is 0 Å². The first-order chi connectivity index (χ1) is 6.41. The van der Waals surface area contributed by atoms with Crippen LogP contribution in [-0.2, 0) is 11.3 Å². The number of halogens is 3. The fourth-order valence-electron chi connectivity index (χ4n) is 0.614. The Labute approximate surface area is 82.0 Å². The lowest BCUT2D eigenvalue weighted by Gasteiger charge is -2.15. The van der Waals surface area contributed by atoms with Crippen LogP contribution in [0.25, 0.3) is 0 Å². The molecule has 0 bridgehead atoms. The first-order valence-corrected chi connectivity index (χ1v) is 4.43. The summed E-state index contributed by atoms with van der Waals surface area (Å²) in [6.45, 7) is 0.652. The molecule has 1 aromatic rings. The molecule has 0 aliphatic carbocycles. The van der Waals surface area contributed by atoms with Crippen LogP contribution in [0.4, 0.5) is 18.2 Å². The van der Waals surface area contributed by atoms with E-state index in [0.717, 1.165) is 18.5 Å². The molecule has 8 heteroatoms. The predicted molar refractivity (Wildman–Crippen MR) is 44.6 cm³/mol. The molecule has 0 aliphatic heterocycles. The van der Waals surface area contributed by atoms with Crippen LogP contribution < -0.4 is 5.73 Å². The van der Waals surface area contributed by atoms with Crippen LogP contribution in [0.1, 0.15) is 12.6 Å². The Balaban J connectivity index is 2.46. The monoisotopic (exact) mass is 227 g/mol. The van der Waals surface area contributed by atoms with Crippen molar-refractivity contribution < 1.29 is 17.9 Å². The highest BCUT2D eigenvalue weighted by atomic mass is 32.1. The summed E-state index contributed by atoms with van der Waals surface area (Å²) in [5, 5.41) is 3.80. The van der Waals surface area contributed by atoms with E-state index in [4.69, 9.17) is 5.73 Å². The van der Waals surface area contributed by atoms with Crippen molar-refractivity contribution in [2.75, 3.05) is 5.73 Å². The highest BCUT2D eigenvalue weighted by Crippen LogP contribution is 2.24. The lowest BCUT2D eigenvalue weighted by atomic mass is 10.4. The Morgan fingerprint density at radius 2 is 2.21 bits per heavy atom. The number of rotatable bonds is 3. The summed E-state index contributed by atoms with van der Waals surface area (Å²) in [6.07, 6.45) is -6.19. The van der Waals surface area contributed by atoms with Crippen molar-refractivity contribution in [3.63, 3.8) is 0 Å². The average Bonchev–Trinajstić information content (AvgIpc) is 2.45. The maximum absolute atomic E-state index is 12.0. The molecule has 0 amide bonds. The Bertz CT molecular complexity index is 301. The maximum atomic E-state index is 12.0. The molecule has 0 aromatic carbocycles. The second-order valence-corrected chi connectivity index (χ2v) is 3.36. The van der Waals surface area contributed by atoms with Crippen molar-refractivity contribution in [1.82, 2.24) is 9.59 Å². The fourth-order valence-corrected chi connectivity index (χ4v) is 1.05. The highest BCUT2D eigenvalue weighted by Gasteiger charge is 2.37. The summed E-state index contributed by atoms with van der Waals surface area (Å²) in [5.41, 5.74) is 5.61. The second-order valence-electron chi connectivity index (χ2n) is 2.58. The third-order valence-corrected chi connectivity index (χ3v) is 2.11. The number of aromatic nitrogens is 2. The van der Waals surface area contributed by atoms with E-state index in [0.29, 0.717) is 0 Å². The van der Waals surface area contributed by atoms with E-state index in [2.05, 4.69) is 14.3 Å². The SMILES string of the molecule is CC(OCc1nnsc1N)C(F)(F)F. The normalized spacial score (nSPS) is 14.3. The molecule has 14 heavy (non-hydrogen) atoms. The summed E-state index contributed by atoms with van der Waals surface area (Å²) in [6, 6.07) is 0. The lowest BCUT2D eigenvalue weighted by Crippen LogP contribution is -2.28. The van der Waals surface area contributed by atoms with Crippen LogP contribution in [0.3, 0.4) is 0 Å². The van der Waals surface area contributed by atoms with Crippen LogP contribution in [-0.4, -0.2) is 21.9 Å². The van der Waals surface area contributed by atoms with Gasteiger partial charge in [-0.1, -0.05) is 4.49 Å². The molecule has 1 atom stereocenters. The molecule has 4 nitrogen and oxygen atoms in total. The van der Waals surface area contributed by atoms with Crippen molar-refractivity contribution in [3.8, 4) is 0 Å². The van der Waals surface area contributed by atoms with E-state index < -0.39 is 12.3 Å². The zero-order chi connectivity index (χ0) is 10.8. The van der Waals surface area contributed by atoms with Gasteiger partial charge >= 0.3 is 6.18 Å². The van der Waals surface area contributed by atoms with Gasteiger partial charge in [0, 0.05) is 11.5 Å². The third-order valence-electron chi connectivity index (χ3n) is 1.52. The first-order valence-electron chi connectivity index (χ1n) is 3.66. The van der Waals surface area contributed by atoms with Crippen molar-refractivity contribution in [2.24, 2.45) is 0 Å². The van der Waals surface area contributed by atoms with E-state index in [1.807, 2.05) is 0 Å². The minimum atomic E-state index is -4.36. The highest BCUT2D eigenvalue weighted by molar-refractivity contribution is 7.09. The fraction of sp³-hybridized carbons (Fsp3) is 0.667. The van der Waals surface area contributed by atoms with Crippen LogP contribution in [0.15, 0.2) is 0 Å². The molecule has 0 spiro atoms. The van der Waals surface area contributed by atoms with E-state index in [1.54, 1.807) is 0 Å². The van der Waals surface area contributed by atoms with Crippen LogP contribution in [0, 0.1) is 0 Å². The molecule has 1 rings (SSSR count). The van der Waals surface area contributed by atoms with Gasteiger partial charge in [0.1, 0.15) is 10.7 Å². The van der Waals surface area contributed by atoms with Crippen LogP contribution >= 0.6 is 11.5 Å².